The Balaban J connectivity index is 4.31. The zero-order valence-corrected chi connectivity index (χ0v) is 12.2. The van der Waals surface area contributed by atoms with Crippen molar-refractivity contribution in [3.63, 3.8) is 0 Å². The SMILES string of the molecule is CCCCC(CC)C(NCC)C(C)CCC. The van der Waals surface area contributed by atoms with Crippen LogP contribution in [0.4, 0.5) is 0 Å². The number of nitrogens with one attached hydrogen (secondary N) is 1. The minimum absolute atomic E-state index is 0.737. The molecule has 0 aliphatic rings. The molecule has 0 bridgehead atoms. The van der Waals surface area contributed by atoms with Crippen molar-refractivity contribution in [1.82, 2.24) is 5.32 Å². The lowest BCUT2D eigenvalue weighted by atomic mass is 9.82. The van der Waals surface area contributed by atoms with E-state index in [0.29, 0.717) is 0 Å². The molecule has 98 valence electrons. The summed E-state index contributed by atoms with van der Waals surface area (Å²) < 4.78 is 0. The number of rotatable bonds is 10. The summed E-state index contributed by atoms with van der Waals surface area (Å²) in [7, 11) is 0. The molecule has 0 aromatic heterocycles. The second kappa shape index (κ2) is 10.1. The molecular formula is C15H33N. The maximum atomic E-state index is 3.73. The van der Waals surface area contributed by atoms with E-state index in [1.54, 1.807) is 0 Å². The van der Waals surface area contributed by atoms with E-state index in [-0.39, 0.29) is 0 Å². The molecule has 0 spiro atoms. The third-order valence-electron chi connectivity index (χ3n) is 3.76. The van der Waals surface area contributed by atoms with Gasteiger partial charge in [0.25, 0.3) is 0 Å². The largest absolute Gasteiger partial charge is 0.314 e. The lowest BCUT2D eigenvalue weighted by Crippen LogP contribution is -2.41. The highest BCUT2D eigenvalue weighted by atomic mass is 14.9. The van der Waals surface area contributed by atoms with Gasteiger partial charge in [-0.3, -0.25) is 0 Å². The third kappa shape index (κ3) is 5.89. The van der Waals surface area contributed by atoms with E-state index >= 15 is 0 Å². The van der Waals surface area contributed by atoms with Crippen molar-refractivity contribution in [3.8, 4) is 0 Å². The van der Waals surface area contributed by atoms with Gasteiger partial charge in [-0.05, 0) is 31.2 Å². The Morgan fingerprint density at radius 2 is 1.62 bits per heavy atom. The fourth-order valence-corrected chi connectivity index (χ4v) is 2.81. The molecule has 0 aliphatic carbocycles. The topological polar surface area (TPSA) is 12.0 Å². The van der Waals surface area contributed by atoms with Crippen molar-refractivity contribution >= 4 is 0 Å². The molecule has 0 aromatic carbocycles. The molecule has 1 heteroatoms. The summed E-state index contributed by atoms with van der Waals surface area (Å²) in [4.78, 5) is 0. The molecule has 0 radical (unpaired) electrons. The summed E-state index contributed by atoms with van der Waals surface area (Å²) in [6.45, 7) is 12.7. The highest BCUT2D eigenvalue weighted by Gasteiger charge is 2.23. The first-order valence-corrected chi connectivity index (χ1v) is 7.44. The van der Waals surface area contributed by atoms with Crippen molar-refractivity contribution in [3.05, 3.63) is 0 Å². The second-order valence-electron chi connectivity index (χ2n) is 5.16. The fraction of sp³-hybridized carbons (Fsp3) is 1.00. The Kier molecular flexibility index (Phi) is 10.1. The molecule has 0 fully saturated rings. The predicted octanol–water partition coefficient (Wildman–Crippen LogP) is 4.62. The predicted molar refractivity (Wildman–Crippen MR) is 74.8 cm³/mol. The molecule has 1 N–H and O–H groups in total. The number of hydrogen-bond acceptors (Lipinski definition) is 1. The van der Waals surface area contributed by atoms with Crippen LogP contribution in [0.3, 0.4) is 0 Å². The van der Waals surface area contributed by atoms with Crippen molar-refractivity contribution in [1.29, 1.82) is 0 Å². The Morgan fingerprint density at radius 1 is 0.938 bits per heavy atom. The molecule has 0 aromatic rings. The molecule has 0 aliphatic heterocycles. The van der Waals surface area contributed by atoms with Gasteiger partial charge in [0.15, 0.2) is 0 Å². The van der Waals surface area contributed by atoms with Crippen molar-refractivity contribution in [2.24, 2.45) is 11.8 Å². The van der Waals surface area contributed by atoms with E-state index in [1.165, 1.54) is 38.5 Å². The zero-order chi connectivity index (χ0) is 12.4. The molecule has 0 amide bonds. The van der Waals surface area contributed by atoms with Gasteiger partial charge in [-0.1, -0.05) is 60.3 Å². The van der Waals surface area contributed by atoms with Crippen LogP contribution in [-0.2, 0) is 0 Å². The van der Waals surface area contributed by atoms with Crippen LogP contribution in [0.15, 0.2) is 0 Å². The first kappa shape index (κ1) is 16.0. The van der Waals surface area contributed by atoms with Gasteiger partial charge in [-0.15, -0.1) is 0 Å². The standard InChI is InChI=1S/C15H33N/c1-6-10-12-14(8-3)15(16-9-4)13(5)11-7-2/h13-16H,6-12H2,1-5H3. The van der Waals surface area contributed by atoms with Gasteiger partial charge < -0.3 is 5.32 Å². The minimum Gasteiger partial charge on any atom is -0.314 e. The first-order chi connectivity index (χ1) is 7.71. The molecule has 1 nitrogen and oxygen atoms in total. The van der Waals surface area contributed by atoms with Gasteiger partial charge in [0, 0.05) is 6.04 Å². The Morgan fingerprint density at radius 3 is 2.06 bits per heavy atom. The molecule has 0 heterocycles. The van der Waals surface area contributed by atoms with Crippen LogP contribution in [0.5, 0.6) is 0 Å². The minimum atomic E-state index is 0.737. The Labute approximate surface area is 103 Å². The van der Waals surface area contributed by atoms with Gasteiger partial charge in [0.05, 0.1) is 0 Å². The molecule has 3 unspecified atom stereocenters. The van der Waals surface area contributed by atoms with E-state index < -0.39 is 0 Å². The maximum Gasteiger partial charge on any atom is 0.0121 e. The van der Waals surface area contributed by atoms with Crippen LogP contribution in [0, 0.1) is 11.8 Å². The maximum absolute atomic E-state index is 3.73. The van der Waals surface area contributed by atoms with Gasteiger partial charge in [-0.25, -0.2) is 0 Å². The van der Waals surface area contributed by atoms with E-state index in [0.717, 1.165) is 24.4 Å². The molecule has 0 rings (SSSR count). The Hall–Kier alpha value is -0.0400. The molecule has 16 heavy (non-hydrogen) atoms. The summed E-state index contributed by atoms with van der Waals surface area (Å²) in [6.07, 6.45) is 8.12. The smallest absolute Gasteiger partial charge is 0.0121 e. The lowest BCUT2D eigenvalue weighted by molar-refractivity contribution is 0.239. The van der Waals surface area contributed by atoms with Gasteiger partial charge >= 0.3 is 0 Å². The zero-order valence-electron chi connectivity index (χ0n) is 12.2. The summed E-state index contributed by atoms with van der Waals surface area (Å²) in [5.41, 5.74) is 0. The van der Waals surface area contributed by atoms with E-state index in [4.69, 9.17) is 0 Å². The van der Waals surface area contributed by atoms with Crippen molar-refractivity contribution in [2.75, 3.05) is 6.54 Å². The Bertz CT molecular complexity index is 144. The highest BCUT2D eigenvalue weighted by Crippen LogP contribution is 2.24. The molecule has 3 atom stereocenters. The van der Waals surface area contributed by atoms with Gasteiger partial charge in [0.2, 0.25) is 0 Å². The second-order valence-corrected chi connectivity index (χ2v) is 5.16. The van der Waals surface area contributed by atoms with Crippen molar-refractivity contribution < 1.29 is 0 Å². The molecule has 0 saturated heterocycles. The average Bonchev–Trinajstić information content (AvgIpc) is 2.28. The monoisotopic (exact) mass is 227 g/mol. The van der Waals surface area contributed by atoms with Crippen LogP contribution in [0.1, 0.15) is 73.1 Å². The summed E-state index contributed by atoms with van der Waals surface area (Å²) in [5.74, 6) is 1.70. The van der Waals surface area contributed by atoms with Crippen LogP contribution in [0.25, 0.3) is 0 Å². The summed E-state index contributed by atoms with van der Waals surface area (Å²) >= 11 is 0. The van der Waals surface area contributed by atoms with E-state index in [1.807, 2.05) is 0 Å². The summed E-state index contributed by atoms with van der Waals surface area (Å²) in [6, 6.07) is 0.737. The summed E-state index contributed by atoms with van der Waals surface area (Å²) in [5, 5.41) is 3.73. The molecule has 0 saturated carbocycles. The third-order valence-corrected chi connectivity index (χ3v) is 3.76. The van der Waals surface area contributed by atoms with Gasteiger partial charge in [0.1, 0.15) is 0 Å². The first-order valence-electron chi connectivity index (χ1n) is 7.44. The lowest BCUT2D eigenvalue weighted by Gasteiger charge is -2.32. The van der Waals surface area contributed by atoms with E-state index in [9.17, 15) is 0 Å². The van der Waals surface area contributed by atoms with Gasteiger partial charge in [-0.2, -0.15) is 0 Å². The normalized spacial score (nSPS) is 17.1. The quantitative estimate of drug-likeness (QED) is 0.574. The number of hydrogen-bond donors (Lipinski definition) is 1. The number of unbranched alkanes of at least 4 members (excludes halogenated alkanes) is 1. The average molecular weight is 227 g/mol. The van der Waals surface area contributed by atoms with Crippen molar-refractivity contribution in [2.45, 2.75) is 79.2 Å². The fourth-order valence-electron chi connectivity index (χ4n) is 2.81. The van der Waals surface area contributed by atoms with Crippen LogP contribution < -0.4 is 5.32 Å². The van der Waals surface area contributed by atoms with Crippen LogP contribution in [-0.4, -0.2) is 12.6 Å². The van der Waals surface area contributed by atoms with Crippen LogP contribution in [0.2, 0.25) is 0 Å². The van der Waals surface area contributed by atoms with Crippen LogP contribution >= 0.6 is 0 Å². The molecular weight excluding hydrogens is 194 g/mol. The van der Waals surface area contributed by atoms with E-state index in [2.05, 4.69) is 39.9 Å². The highest BCUT2D eigenvalue weighted by molar-refractivity contribution is 4.80.